The first kappa shape index (κ1) is 14.8. The molecule has 116 valence electrons. The average Bonchev–Trinajstić information content (AvgIpc) is 2.55. The second-order valence-electron chi connectivity index (χ2n) is 6.58. The molecule has 1 aromatic carbocycles. The van der Waals surface area contributed by atoms with Gasteiger partial charge in [-0.25, -0.2) is 4.39 Å². The van der Waals surface area contributed by atoms with E-state index in [1.54, 1.807) is 12.1 Å². The molecule has 2 nitrogen and oxygen atoms in total. The highest BCUT2D eigenvalue weighted by Gasteiger charge is 2.33. The molecule has 2 unspecified atom stereocenters. The van der Waals surface area contributed by atoms with Crippen LogP contribution in [0.25, 0.3) is 0 Å². The summed E-state index contributed by atoms with van der Waals surface area (Å²) < 4.78 is 14.2. The van der Waals surface area contributed by atoms with E-state index in [2.05, 4.69) is 17.1 Å². The minimum Gasteiger partial charge on any atom is -0.363 e. The Kier molecular flexibility index (Phi) is 4.79. The van der Waals surface area contributed by atoms with Crippen molar-refractivity contribution in [2.45, 2.75) is 57.5 Å². The van der Waals surface area contributed by atoms with Gasteiger partial charge in [0.05, 0.1) is 5.69 Å². The molecule has 2 atom stereocenters. The zero-order valence-electron chi connectivity index (χ0n) is 13.0. The van der Waals surface area contributed by atoms with E-state index < -0.39 is 0 Å². The summed E-state index contributed by atoms with van der Waals surface area (Å²) in [6, 6.07) is 8.17. The molecular formula is C18H27FN2. The van der Waals surface area contributed by atoms with Crippen LogP contribution >= 0.6 is 0 Å². The fourth-order valence-electron chi connectivity index (χ4n) is 4.02. The third-order valence-electron chi connectivity index (χ3n) is 5.30. The highest BCUT2D eigenvalue weighted by Crippen LogP contribution is 2.31. The van der Waals surface area contributed by atoms with Crippen molar-refractivity contribution in [3.63, 3.8) is 0 Å². The Morgan fingerprint density at radius 3 is 2.67 bits per heavy atom. The summed E-state index contributed by atoms with van der Waals surface area (Å²) in [5.74, 6) is 0.686. The van der Waals surface area contributed by atoms with Crippen LogP contribution in [-0.4, -0.2) is 25.2 Å². The largest absolute Gasteiger partial charge is 0.363 e. The van der Waals surface area contributed by atoms with E-state index >= 15 is 0 Å². The molecule has 0 amide bonds. The van der Waals surface area contributed by atoms with Gasteiger partial charge in [-0.3, -0.25) is 0 Å². The SMILES string of the molecule is CCC1CNC(C2CCCCC2)CN1c1ccccc1F. The minimum absolute atomic E-state index is 0.0831. The van der Waals surface area contributed by atoms with Crippen LogP contribution in [0.1, 0.15) is 45.4 Å². The lowest BCUT2D eigenvalue weighted by Crippen LogP contribution is -2.59. The number of hydrogen-bond acceptors (Lipinski definition) is 2. The molecule has 1 heterocycles. The number of anilines is 1. The first-order valence-electron chi connectivity index (χ1n) is 8.54. The third-order valence-corrected chi connectivity index (χ3v) is 5.30. The van der Waals surface area contributed by atoms with Gasteiger partial charge in [-0.05, 0) is 37.3 Å². The fourth-order valence-corrected chi connectivity index (χ4v) is 4.02. The van der Waals surface area contributed by atoms with E-state index in [0.29, 0.717) is 12.1 Å². The van der Waals surface area contributed by atoms with Gasteiger partial charge in [-0.1, -0.05) is 38.3 Å². The maximum absolute atomic E-state index is 14.2. The van der Waals surface area contributed by atoms with E-state index in [1.807, 2.05) is 12.1 Å². The molecule has 1 aliphatic carbocycles. The number of nitrogens with zero attached hydrogens (tertiary/aromatic N) is 1. The Balaban J connectivity index is 1.77. The standard InChI is InChI=1S/C18H27FN2/c1-2-15-12-20-17(14-8-4-3-5-9-14)13-21(15)18-11-7-6-10-16(18)19/h6-7,10-11,14-15,17,20H,2-5,8-9,12-13H2,1H3. The predicted octanol–water partition coefficient (Wildman–Crippen LogP) is 3.96. The molecule has 2 aliphatic rings. The van der Waals surface area contributed by atoms with Crippen molar-refractivity contribution in [2.24, 2.45) is 5.92 Å². The van der Waals surface area contributed by atoms with Gasteiger partial charge in [0.15, 0.2) is 0 Å². The van der Waals surface area contributed by atoms with Crippen LogP contribution in [0.2, 0.25) is 0 Å². The molecule has 3 rings (SSSR count). The van der Waals surface area contributed by atoms with E-state index in [0.717, 1.165) is 31.1 Å². The van der Waals surface area contributed by atoms with Crippen molar-refractivity contribution in [2.75, 3.05) is 18.0 Å². The molecular weight excluding hydrogens is 263 g/mol. The molecule has 1 saturated heterocycles. The van der Waals surface area contributed by atoms with Crippen molar-refractivity contribution in [1.29, 1.82) is 0 Å². The van der Waals surface area contributed by atoms with Gasteiger partial charge in [-0.2, -0.15) is 0 Å². The number of halogens is 1. The third kappa shape index (κ3) is 3.23. The van der Waals surface area contributed by atoms with Crippen LogP contribution in [0.4, 0.5) is 10.1 Å². The Bertz CT molecular complexity index is 456. The number of hydrogen-bond donors (Lipinski definition) is 1. The number of para-hydroxylation sites is 1. The topological polar surface area (TPSA) is 15.3 Å². The Labute approximate surface area is 127 Å². The lowest BCUT2D eigenvalue weighted by atomic mass is 9.82. The summed E-state index contributed by atoms with van der Waals surface area (Å²) in [6.45, 7) is 4.12. The number of nitrogens with one attached hydrogen (secondary N) is 1. The normalized spacial score (nSPS) is 27.8. The molecule has 3 heteroatoms. The quantitative estimate of drug-likeness (QED) is 0.906. The molecule has 1 aliphatic heterocycles. The molecule has 2 fully saturated rings. The van der Waals surface area contributed by atoms with Crippen molar-refractivity contribution >= 4 is 5.69 Å². The van der Waals surface area contributed by atoms with Gasteiger partial charge in [0, 0.05) is 25.2 Å². The Morgan fingerprint density at radius 2 is 1.95 bits per heavy atom. The first-order valence-corrected chi connectivity index (χ1v) is 8.54. The van der Waals surface area contributed by atoms with Gasteiger partial charge in [0.1, 0.15) is 5.82 Å². The van der Waals surface area contributed by atoms with Gasteiger partial charge in [0.2, 0.25) is 0 Å². The summed E-state index contributed by atoms with van der Waals surface area (Å²) in [7, 11) is 0. The highest BCUT2D eigenvalue weighted by atomic mass is 19.1. The molecule has 1 N–H and O–H groups in total. The van der Waals surface area contributed by atoms with E-state index in [4.69, 9.17) is 0 Å². The van der Waals surface area contributed by atoms with Gasteiger partial charge in [-0.15, -0.1) is 0 Å². The summed E-state index contributed by atoms with van der Waals surface area (Å²) >= 11 is 0. The Morgan fingerprint density at radius 1 is 1.19 bits per heavy atom. The highest BCUT2D eigenvalue weighted by molar-refractivity contribution is 5.49. The van der Waals surface area contributed by atoms with E-state index in [1.165, 1.54) is 32.1 Å². The molecule has 21 heavy (non-hydrogen) atoms. The van der Waals surface area contributed by atoms with E-state index in [9.17, 15) is 4.39 Å². The second-order valence-corrected chi connectivity index (χ2v) is 6.58. The molecule has 0 radical (unpaired) electrons. The lowest BCUT2D eigenvalue weighted by Gasteiger charge is -2.45. The second kappa shape index (κ2) is 6.78. The molecule has 0 spiro atoms. The van der Waals surface area contributed by atoms with Crippen LogP contribution in [-0.2, 0) is 0 Å². The Hall–Kier alpha value is -1.09. The summed E-state index contributed by atoms with van der Waals surface area (Å²) in [4.78, 5) is 2.31. The maximum atomic E-state index is 14.2. The lowest BCUT2D eigenvalue weighted by molar-refractivity contribution is 0.240. The van der Waals surface area contributed by atoms with E-state index in [-0.39, 0.29) is 5.82 Å². The monoisotopic (exact) mass is 290 g/mol. The smallest absolute Gasteiger partial charge is 0.146 e. The van der Waals surface area contributed by atoms with Crippen molar-refractivity contribution in [1.82, 2.24) is 5.32 Å². The zero-order valence-corrected chi connectivity index (χ0v) is 13.0. The van der Waals surface area contributed by atoms with Crippen LogP contribution in [0.3, 0.4) is 0 Å². The fraction of sp³-hybridized carbons (Fsp3) is 0.667. The molecule has 1 aromatic rings. The predicted molar refractivity (Wildman–Crippen MR) is 86.2 cm³/mol. The zero-order chi connectivity index (χ0) is 14.7. The molecule has 0 bridgehead atoms. The van der Waals surface area contributed by atoms with Crippen molar-refractivity contribution in [3.05, 3.63) is 30.1 Å². The van der Waals surface area contributed by atoms with Crippen molar-refractivity contribution in [3.8, 4) is 0 Å². The molecule has 0 aromatic heterocycles. The van der Waals surface area contributed by atoms with Gasteiger partial charge in [0.25, 0.3) is 0 Å². The summed E-state index contributed by atoms with van der Waals surface area (Å²) in [6.07, 6.45) is 7.83. The maximum Gasteiger partial charge on any atom is 0.146 e. The summed E-state index contributed by atoms with van der Waals surface area (Å²) in [5, 5.41) is 3.74. The minimum atomic E-state index is -0.0831. The van der Waals surface area contributed by atoms with Crippen LogP contribution in [0.5, 0.6) is 0 Å². The van der Waals surface area contributed by atoms with Crippen molar-refractivity contribution < 1.29 is 4.39 Å². The van der Waals surface area contributed by atoms with Crippen LogP contribution in [0.15, 0.2) is 24.3 Å². The van der Waals surface area contributed by atoms with Crippen LogP contribution in [0, 0.1) is 11.7 Å². The summed E-state index contributed by atoms with van der Waals surface area (Å²) in [5.41, 5.74) is 0.784. The molecule has 1 saturated carbocycles. The van der Waals surface area contributed by atoms with Crippen LogP contribution < -0.4 is 10.2 Å². The van der Waals surface area contributed by atoms with Gasteiger partial charge >= 0.3 is 0 Å². The van der Waals surface area contributed by atoms with Gasteiger partial charge < -0.3 is 10.2 Å². The first-order chi connectivity index (χ1) is 10.3. The number of benzene rings is 1. The number of piperazine rings is 1. The number of rotatable bonds is 3. The average molecular weight is 290 g/mol.